The summed E-state index contributed by atoms with van der Waals surface area (Å²) >= 11 is 6.25. The monoisotopic (exact) mass is 571 g/mol. The van der Waals surface area contributed by atoms with Crippen LogP contribution >= 0.6 is 11.6 Å². The van der Waals surface area contributed by atoms with Crippen LogP contribution in [0.4, 0.5) is 13.2 Å². The van der Waals surface area contributed by atoms with E-state index in [1.54, 1.807) is 12.1 Å². The van der Waals surface area contributed by atoms with Gasteiger partial charge in [-0.15, -0.1) is 0 Å². The molecule has 0 atom stereocenters. The van der Waals surface area contributed by atoms with Gasteiger partial charge in [0.25, 0.3) is 0 Å². The summed E-state index contributed by atoms with van der Waals surface area (Å²) in [4.78, 5) is 0. The van der Waals surface area contributed by atoms with Crippen molar-refractivity contribution in [3.63, 3.8) is 0 Å². The molecule has 1 fully saturated rings. The number of ether oxygens (including phenoxy) is 1. The van der Waals surface area contributed by atoms with Crippen molar-refractivity contribution >= 4 is 19.9 Å². The second-order valence-electron chi connectivity index (χ2n) is 11.6. The number of aromatic nitrogens is 3. The molecule has 2 aromatic heterocycles. The number of phenolic OH excluding ortho intramolecular Hbond substituents is 1. The molecular weight excluding hydrogens is 539 g/mol. The minimum Gasteiger partial charge on any atom is -0.506 e. The summed E-state index contributed by atoms with van der Waals surface area (Å²) in [6, 6.07) is 4.06. The molecule has 12 heteroatoms. The molecule has 1 aliphatic carbocycles. The maximum atomic E-state index is 14.5. The van der Waals surface area contributed by atoms with E-state index >= 15 is 0 Å². The first-order valence-corrected chi connectivity index (χ1v) is 15.6. The lowest BCUT2D eigenvalue weighted by molar-refractivity contribution is -0.148. The predicted molar refractivity (Wildman–Crippen MR) is 141 cm³/mol. The minimum absolute atomic E-state index is 0.00641. The van der Waals surface area contributed by atoms with Gasteiger partial charge in [0.1, 0.15) is 11.4 Å². The van der Waals surface area contributed by atoms with Gasteiger partial charge in [0, 0.05) is 12.7 Å². The summed E-state index contributed by atoms with van der Waals surface area (Å²) in [6.45, 7) is 12.5. The van der Waals surface area contributed by atoms with Crippen molar-refractivity contribution < 1.29 is 32.0 Å². The molecule has 1 saturated carbocycles. The van der Waals surface area contributed by atoms with Crippen molar-refractivity contribution in [2.75, 3.05) is 7.11 Å². The molecule has 0 bridgehead atoms. The van der Waals surface area contributed by atoms with E-state index < -0.39 is 31.8 Å². The lowest BCUT2D eigenvalue weighted by atomic mass is 9.77. The van der Waals surface area contributed by atoms with Crippen molar-refractivity contribution in [2.24, 2.45) is 0 Å². The van der Waals surface area contributed by atoms with Crippen LogP contribution in [0.5, 0.6) is 5.75 Å². The SMILES string of the molecule is COCc1c(-c2cccc(O)c2Cl)noc1-c1cnn([C@H]2C[C@](C)(O[Si](C)(C)C(C)(C)C)C2)c1C(F)(F)F. The van der Waals surface area contributed by atoms with Gasteiger partial charge in [0.15, 0.2) is 19.8 Å². The predicted octanol–water partition coefficient (Wildman–Crippen LogP) is 7.84. The fourth-order valence-corrected chi connectivity index (χ4v) is 6.68. The molecule has 7 nitrogen and oxygen atoms in total. The molecule has 208 valence electrons. The smallest absolute Gasteiger partial charge is 0.433 e. The lowest BCUT2D eigenvalue weighted by Crippen LogP contribution is -2.54. The summed E-state index contributed by atoms with van der Waals surface area (Å²) in [5.41, 5.74) is -0.910. The van der Waals surface area contributed by atoms with Gasteiger partial charge in [-0.25, -0.2) is 0 Å². The highest BCUT2D eigenvalue weighted by atomic mass is 35.5. The van der Waals surface area contributed by atoms with E-state index in [0.29, 0.717) is 18.4 Å². The van der Waals surface area contributed by atoms with Crippen molar-refractivity contribution in [1.82, 2.24) is 14.9 Å². The second kappa shape index (κ2) is 9.69. The molecule has 1 aliphatic rings. The molecule has 0 spiro atoms. The molecule has 0 amide bonds. The van der Waals surface area contributed by atoms with Crippen molar-refractivity contribution in [2.45, 2.75) is 83.1 Å². The normalized spacial score (nSPS) is 20.6. The third-order valence-electron chi connectivity index (χ3n) is 7.61. The number of aromatic hydroxyl groups is 1. The Kier molecular flexibility index (Phi) is 7.31. The number of hydrogen-bond donors (Lipinski definition) is 1. The number of hydrogen-bond acceptors (Lipinski definition) is 6. The average Bonchev–Trinajstić information content (AvgIpc) is 3.37. The van der Waals surface area contributed by atoms with Crippen molar-refractivity contribution in [3.8, 4) is 28.3 Å². The van der Waals surface area contributed by atoms with E-state index in [-0.39, 0.29) is 45.0 Å². The molecule has 0 saturated heterocycles. The van der Waals surface area contributed by atoms with Crippen molar-refractivity contribution in [1.29, 1.82) is 0 Å². The fraction of sp³-hybridized carbons (Fsp3) is 0.538. The zero-order valence-corrected chi connectivity index (χ0v) is 24.3. The van der Waals surface area contributed by atoms with Crippen LogP contribution in [-0.2, 0) is 21.9 Å². The summed E-state index contributed by atoms with van der Waals surface area (Å²) in [6.07, 6.45) is -2.73. The number of benzene rings is 1. The van der Waals surface area contributed by atoms with Crippen LogP contribution < -0.4 is 0 Å². The van der Waals surface area contributed by atoms with E-state index in [1.165, 1.54) is 13.2 Å². The molecule has 4 rings (SSSR count). The molecule has 1 aromatic carbocycles. The topological polar surface area (TPSA) is 82.5 Å². The van der Waals surface area contributed by atoms with Crippen LogP contribution in [0.15, 0.2) is 28.9 Å². The maximum Gasteiger partial charge on any atom is 0.433 e. The van der Waals surface area contributed by atoms with Crippen LogP contribution in [0.3, 0.4) is 0 Å². The standard InChI is InChI=1S/C26H33ClF3N3O4Si/c1-24(2,3)38(6,7)37-25(4)11-15(12-25)33-23(26(28,29)30)17(13-31-33)22-18(14-35-5)21(32-36-22)16-9-8-10-19(34)20(16)27/h8-10,13,15,34H,11-12,14H2,1-7H3/t15-,25-. The molecule has 2 heterocycles. The number of nitrogens with zero attached hydrogens (tertiary/aromatic N) is 3. The Hall–Kier alpha value is -2.34. The molecule has 1 N–H and O–H groups in total. The third kappa shape index (κ3) is 5.13. The molecule has 0 radical (unpaired) electrons. The molecule has 0 unspecified atom stereocenters. The van der Waals surface area contributed by atoms with Gasteiger partial charge < -0.3 is 18.8 Å². The number of rotatable bonds is 7. The number of halogens is 4. The van der Waals surface area contributed by atoms with Gasteiger partial charge in [-0.05, 0) is 44.0 Å². The first-order chi connectivity index (χ1) is 17.5. The Morgan fingerprint density at radius 3 is 2.45 bits per heavy atom. The van der Waals surface area contributed by atoms with E-state index in [9.17, 15) is 18.3 Å². The third-order valence-corrected chi connectivity index (χ3v) is 12.6. The van der Waals surface area contributed by atoms with E-state index in [0.717, 1.165) is 10.9 Å². The lowest BCUT2D eigenvalue weighted by Gasteiger charge is -2.52. The first-order valence-electron chi connectivity index (χ1n) is 12.3. The van der Waals surface area contributed by atoms with Gasteiger partial charge in [-0.3, -0.25) is 4.68 Å². The Labute approximate surface area is 226 Å². The van der Waals surface area contributed by atoms with Crippen molar-refractivity contribution in [3.05, 3.63) is 40.7 Å². The summed E-state index contributed by atoms with van der Waals surface area (Å²) in [7, 11) is -0.698. The average molecular weight is 572 g/mol. The van der Waals surface area contributed by atoms with Gasteiger partial charge in [0.2, 0.25) is 0 Å². The zero-order chi connectivity index (χ0) is 28.3. The second-order valence-corrected chi connectivity index (χ2v) is 16.7. The van der Waals surface area contributed by atoms with Gasteiger partial charge in [-0.1, -0.05) is 49.7 Å². The molecule has 3 aromatic rings. The molecule has 38 heavy (non-hydrogen) atoms. The number of alkyl halides is 3. The Morgan fingerprint density at radius 1 is 1.21 bits per heavy atom. The Bertz CT molecular complexity index is 1320. The van der Waals surface area contributed by atoms with Crippen LogP contribution in [0.2, 0.25) is 23.2 Å². The quantitative estimate of drug-likeness (QED) is 0.291. The van der Waals surface area contributed by atoms with Crippen LogP contribution in [0.1, 0.15) is 57.8 Å². The summed E-state index contributed by atoms with van der Waals surface area (Å²) in [5.74, 6) is -0.298. The number of phenols is 1. The first kappa shape index (κ1) is 28.7. The van der Waals surface area contributed by atoms with E-state index in [2.05, 4.69) is 44.1 Å². The van der Waals surface area contributed by atoms with Crippen LogP contribution in [0, 0.1) is 0 Å². The highest BCUT2D eigenvalue weighted by Crippen LogP contribution is 2.51. The zero-order valence-electron chi connectivity index (χ0n) is 22.5. The molecular formula is C26H33ClF3N3O4Si. The highest BCUT2D eigenvalue weighted by molar-refractivity contribution is 6.74. The minimum atomic E-state index is -4.71. The van der Waals surface area contributed by atoms with Crippen LogP contribution in [-0.4, -0.2) is 41.1 Å². The van der Waals surface area contributed by atoms with Gasteiger partial charge >= 0.3 is 6.18 Å². The highest BCUT2D eigenvalue weighted by Gasteiger charge is 2.52. The van der Waals surface area contributed by atoms with E-state index in [1.807, 2.05) is 6.92 Å². The van der Waals surface area contributed by atoms with Gasteiger partial charge in [0.05, 0.1) is 40.6 Å². The van der Waals surface area contributed by atoms with Crippen LogP contribution in [0.25, 0.3) is 22.6 Å². The van der Waals surface area contributed by atoms with Gasteiger partial charge in [-0.2, -0.15) is 18.3 Å². The summed E-state index contributed by atoms with van der Waals surface area (Å²) in [5, 5.41) is 18.2. The Balaban J connectivity index is 1.73. The summed E-state index contributed by atoms with van der Waals surface area (Å²) < 4.78 is 61.8. The largest absolute Gasteiger partial charge is 0.506 e. The maximum absolute atomic E-state index is 14.5. The van der Waals surface area contributed by atoms with E-state index in [4.69, 9.17) is 25.3 Å². The fourth-order valence-electron chi connectivity index (χ4n) is 4.76. The Morgan fingerprint density at radius 2 is 1.87 bits per heavy atom. The number of methoxy groups -OCH3 is 1. The molecule has 0 aliphatic heterocycles.